The van der Waals surface area contributed by atoms with Crippen molar-refractivity contribution in [1.29, 1.82) is 0 Å². The molecule has 0 radical (unpaired) electrons. The van der Waals surface area contributed by atoms with Crippen LogP contribution in [-0.4, -0.2) is 37.7 Å². The van der Waals surface area contributed by atoms with Gasteiger partial charge in [0.1, 0.15) is 17.6 Å². The van der Waals surface area contributed by atoms with Gasteiger partial charge in [-0.3, -0.25) is 9.69 Å². The average molecular weight is 476 g/mol. The van der Waals surface area contributed by atoms with Crippen molar-refractivity contribution in [3.63, 3.8) is 0 Å². The molecule has 5 rings (SSSR count). The van der Waals surface area contributed by atoms with Crippen LogP contribution < -0.4 is 9.47 Å². The van der Waals surface area contributed by atoms with Gasteiger partial charge in [-0.25, -0.2) is 0 Å². The van der Waals surface area contributed by atoms with Gasteiger partial charge in [0.2, 0.25) is 0 Å². The smallest absolute Gasteiger partial charge is 0.416 e. The number of methoxy groups -OCH3 is 1. The van der Waals surface area contributed by atoms with E-state index in [0.29, 0.717) is 43.1 Å². The van der Waals surface area contributed by atoms with Crippen LogP contribution >= 0.6 is 0 Å². The minimum Gasteiger partial charge on any atom is -0.492 e. The highest BCUT2D eigenvalue weighted by Gasteiger charge is 2.38. The molecule has 2 heterocycles. The van der Waals surface area contributed by atoms with E-state index in [9.17, 15) is 18.0 Å². The molecule has 2 aromatic carbocycles. The Morgan fingerprint density at radius 2 is 1.91 bits per heavy atom. The Kier molecular flexibility index (Phi) is 6.18. The normalized spacial score (nSPS) is 21.8. The molecule has 1 fully saturated rings. The summed E-state index contributed by atoms with van der Waals surface area (Å²) in [5, 5.41) is 0. The quantitative estimate of drug-likeness (QED) is 0.523. The summed E-state index contributed by atoms with van der Waals surface area (Å²) in [6.07, 6.45) is -1.17. The highest BCUT2D eigenvalue weighted by molar-refractivity contribution is 5.71. The molecule has 0 N–H and O–H groups in total. The molecule has 5 nitrogen and oxygen atoms in total. The second-order valence-corrected chi connectivity index (χ2v) is 9.27. The first-order valence-corrected chi connectivity index (χ1v) is 11.8. The average Bonchev–Trinajstić information content (AvgIpc) is 3.54. The van der Waals surface area contributed by atoms with Gasteiger partial charge in [-0.1, -0.05) is 12.1 Å². The Labute approximate surface area is 196 Å². The SMILES string of the molecule is COC(=O)C[C@@H]1COc2cc(O[C@@H]3CCc4c3ccc(C(F)(F)F)c4CN3CCCC3)ccc21. The molecule has 182 valence electrons. The maximum Gasteiger partial charge on any atom is 0.416 e. The lowest BCUT2D eigenvalue weighted by atomic mass is 9.96. The van der Waals surface area contributed by atoms with Crippen molar-refractivity contribution in [1.82, 2.24) is 4.90 Å². The molecule has 0 unspecified atom stereocenters. The highest BCUT2D eigenvalue weighted by atomic mass is 19.4. The lowest BCUT2D eigenvalue weighted by Gasteiger charge is -2.23. The third kappa shape index (κ3) is 4.48. The van der Waals surface area contributed by atoms with Crippen LogP contribution in [0.2, 0.25) is 0 Å². The molecule has 0 saturated carbocycles. The number of hydrogen-bond acceptors (Lipinski definition) is 5. The van der Waals surface area contributed by atoms with E-state index in [-0.39, 0.29) is 24.4 Å². The molecule has 0 aromatic heterocycles. The van der Waals surface area contributed by atoms with E-state index in [1.54, 1.807) is 12.1 Å². The highest BCUT2D eigenvalue weighted by Crippen LogP contribution is 2.44. The van der Waals surface area contributed by atoms with Crippen LogP contribution in [0.1, 0.15) is 65.5 Å². The monoisotopic (exact) mass is 475 g/mol. The largest absolute Gasteiger partial charge is 0.492 e. The fourth-order valence-electron chi connectivity index (χ4n) is 5.42. The van der Waals surface area contributed by atoms with Gasteiger partial charge in [0.05, 0.1) is 25.7 Å². The molecule has 1 saturated heterocycles. The Hall–Kier alpha value is -2.74. The van der Waals surface area contributed by atoms with Crippen LogP contribution in [0.25, 0.3) is 0 Å². The number of hydrogen-bond donors (Lipinski definition) is 0. The van der Waals surface area contributed by atoms with Gasteiger partial charge < -0.3 is 14.2 Å². The standard InChI is InChI=1S/C26H28F3NO4/c1-32-25(31)12-16-15-33-24-13-17(4-5-18(16)24)34-23-9-7-19-20(23)6-8-22(26(27,28)29)21(19)14-30-10-2-3-11-30/h4-6,8,13,16,23H,2-3,7,9-12,14-15H2,1H3/t16-,23-/m1/s1. The van der Waals surface area contributed by atoms with Gasteiger partial charge in [0.25, 0.3) is 0 Å². The molecule has 0 spiro atoms. The Morgan fingerprint density at radius 3 is 2.65 bits per heavy atom. The number of nitrogens with zero attached hydrogens (tertiary/aromatic N) is 1. The second-order valence-electron chi connectivity index (χ2n) is 9.27. The molecular formula is C26H28F3NO4. The summed E-state index contributed by atoms with van der Waals surface area (Å²) < 4.78 is 58.2. The number of ether oxygens (including phenoxy) is 3. The van der Waals surface area contributed by atoms with Gasteiger partial charge >= 0.3 is 12.1 Å². The third-order valence-corrected chi connectivity index (χ3v) is 7.14. The first-order valence-electron chi connectivity index (χ1n) is 11.8. The van der Waals surface area contributed by atoms with Gasteiger partial charge in [0, 0.05) is 24.1 Å². The molecule has 2 atom stereocenters. The van der Waals surface area contributed by atoms with E-state index in [1.165, 1.54) is 13.2 Å². The number of fused-ring (bicyclic) bond motifs is 2. The first kappa shape index (κ1) is 23.0. The number of rotatable bonds is 6. The van der Waals surface area contributed by atoms with Crippen molar-refractivity contribution < 1.29 is 32.2 Å². The Bertz CT molecular complexity index is 1080. The Morgan fingerprint density at radius 1 is 1.15 bits per heavy atom. The van der Waals surface area contributed by atoms with Crippen LogP contribution in [0, 0.1) is 0 Å². The minimum atomic E-state index is -4.37. The van der Waals surface area contributed by atoms with E-state index in [1.807, 2.05) is 12.1 Å². The third-order valence-electron chi connectivity index (χ3n) is 7.14. The number of carbonyl (C=O) groups is 1. The van der Waals surface area contributed by atoms with Gasteiger partial charge in [-0.05, 0) is 67.6 Å². The summed E-state index contributed by atoms with van der Waals surface area (Å²) in [7, 11) is 1.36. The zero-order chi connectivity index (χ0) is 23.9. The van der Waals surface area contributed by atoms with Gasteiger partial charge in [-0.2, -0.15) is 13.2 Å². The molecule has 2 aromatic rings. The zero-order valence-corrected chi connectivity index (χ0v) is 19.1. The zero-order valence-electron chi connectivity index (χ0n) is 19.1. The van der Waals surface area contributed by atoms with Crippen molar-refractivity contribution >= 4 is 5.97 Å². The maximum atomic E-state index is 13.8. The lowest BCUT2D eigenvalue weighted by Crippen LogP contribution is -2.22. The summed E-state index contributed by atoms with van der Waals surface area (Å²) >= 11 is 0. The van der Waals surface area contributed by atoms with Crippen LogP contribution in [0.3, 0.4) is 0 Å². The number of likely N-dealkylation sites (tertiary alicyclic amines) is 1. The maximum absolute atomic E-state index is 13.8. The molecule has 3 aliphatic rings. The predicted molar refractivity (Wildman–Crippen MR) is 119 cm³/mol. The summed E-state index contributed by atoms with van der Waals surface area (Å²) in [6, 6.07) is 8.34. The molecular weight excluding hydrogens is 447 g/mol. The number of benzene rings is 2. The van der Waals surface area contributed by atoms with Crippen molar-refractivity contribution in [2.75, 3.05) is 26.8 Å². The summed E-state index contributed by atoms with van der Waals surface area (Å²) in [4.78, 5) is 13.8. The predicted octanol–water partition coefficient (Wildman–Crippen LogP) is 5.41. The van der Waals surface area contributed by atoms with E-state index in [2.05, 4.69) is 4.90 Å². The molecule has 8 heteroatoms. The fourth-order valence-corrected chi connectivity index (χ4v) is 5.42. The van der Waals surface area contributed by atoms with Crippen molar-refractivity contribution in [3.05, 3.63) is 58.1 Å². The van der Waals surface area contributed by atoms with Crippen molar-refractivity contribution in [2.24, 2.45) is 0 Å². The molecule has 34 heavy (non-hydrogen) atoms. The number of halogens is 3. The number of carbonyl (C=O) groups excluding carboxylic acids is 1. The van der Waals surface area contributed by atoms with Crippen LogP contribution in [0.5, 0.6) is 11.5 Å². The molecule has 0 bridgehead atoms. The van der Waals surface area contributed by atoms with E-state index < -0.39 is 11.7 Å². The van der Waals surface area contributed by atoms with E-state index in [0.717, 1.165) is 42.6 Å². The van der Waals surface area contributed by atoms with Gasteiger partial charge in [0.15, 0.2) is 0 Å². The van der Waals surface area contributed by atoms with Crippen molar-refractivity contribution in [3.8, 4) is 11.5 Å². The van der Waals surface area contributed by atoms with Crippen molar-refractivity contribution in [2.45, 2.75) is 56.8 Å². The number of alkyl halides is 3. The van der Waals surface area contributed by atoms with Crippen LogP contribution in [0.15, 0.2) is 30.3 Å². The van der Waals surface area contributed by atoms with Crippen LogP contribution in [0.4, 0.5) is 13.2 Å². The van der Waals surface area contributed by atoms with Gasteiger partial charge in [-0.15, -0.1) is 0 Å². The van der Waals surface area contributed by atoms with Crippen LogP contribution in [-0.2, 0) is 28.7 Å². The molecule has 0 amide bonds. The fraction of sp³-hybridized carbons (Fsp3) is 0.500. The topological polar surface area (TPSA) is 48.0 Å². The first-order chi connectivity index (χ1) is 16.3. The second kappa shape index (κ2) is 9.13. The summed E-state index contributed by atoms with van der Waals surface area (Å²) in [5.74, 6) is 0.938. The molecule has 1 aliphatic carbocycles. The Balaban J connectivity index is 1.37. The summed E-state index contributed by atoms with van der Waals surface area (Å²) in [6.45, 7) is 2.42. The minimum absolute atomic E-state index is 0.0577. The lowest BCUT2D eigenvalue weighted by molar-refractivity contribution is -0.141. The van der Waals surface area contributed by atoms with E-state index >= 15 is 0 Å². The summed E-state index contributed by atoms with van der Waals surface area (Å²) in [5.41, 5.74) is 2.43. The molecule has 2 aliphatic heterocycles. The van der Waals surface area contributed by atoms with E-state index in [4.69, 9.17) is 14.2 Å². The number of esters is 1.